The highest BCUT2D eigenvalue weighted by Crippen LogP contribution is 2.15. The lowest BCUT2D eigenvalue weighted by Crippen LogP contribution is -2.36. The van der Waals surface area contributed by atoms with Crippen LogP contribution in [0.3, 0.4) is 0 Å². The summed E-state index contributed by atoms with van der Waals surface area (Å²) >= 11 is 0. The topological polar surface area (TPSA) is 32.3 Å². The molecule has 0 aromatic heterocycles. The van der Waals surface area contributed by atoms with Crippen LogP contribution in [0.4, 0.5) is 0 Å². The van der Waals surface area contributed by atoms with Crippen LogP contribution >= 0.6 is 0 Å². The van der Waals surface area contributed by atoms with E-state index >= 15 is 0 Å². The van der Waals surface area contributed by atoms with Gasteiger partial charge in [0.25, 0.3) is 0 Å². The highest BCUT2D eigenvalue weighted by atomic mass is 16.3. The van der Waals surface area contributed by atoms with E-state index in [1.807, 2.05) is 42.5 Å². The van der Waals surface area contributed by atoms with Crippen molar-refractivity contribution in [1.82, 2.24) is 5.32 Å². The van der Waals surface area contributed by atoms with Crippen molar-refractivity contribution in [2.24, 2.45) is 0 Å². The van der Waals surface area contributed by atoms with E-state index in [-0.39, 0.29) is 18.7 Å². The van der Waals surface area contributed by atoms with Crippen LogP contribution in [0.2, 0.25) is 0 Å². The van der Waals surface area contributed by atoms with Gasteiger partial charge in [0, 0.05) is 6.04 Å². The molecule has 2 atom stereocenters. The van der Waals surface area contributed by atoms with Crippen LogP contribution in [0.25, 0.3) is 0 Å². The lowest BCUT2D eigenvalue weighted by atomic mass is 10.0. The first-order chi connectivity index (χ1) is 10.3. The van der Waals surface area contributed by atoms with Crippen LogP contribution < -0.4 is 5.32 Å². The summed E-state index contributed by atoms with van der Waals surface area (Å²) in [6.45, 7) is 3.94. The summed E-state index contributed by atoms with van der Waals surface area (Å²) in [4.78, 5) is 0. The molecule has 0 saturated carbocycles. The van der Waals surface area contributed by atoms with Crippen molar-refractivity contribution in [3.63, 3.8) is 0 Å². The third-order valence-electron chi connectivity index (χ3n) is 3.60. The predicted molar refractivity (Wildman–Crippen MR) is 88.2 cm³/mol. The van der Waals surface area contributed by atoms with Crippen molar-refractivity contribution in [3.8, 4) is 0 Å². The zero-order valence-corrected chi connectivity index (χ0v) is 12.3. The molecule has 0 radical (unpaired) electrons. The van der Waals surface area contributed by atoms with E-state index in [1.165, 1.54) is 5.56 Å². The van der Waals surface area contributed by atoms with Gasteiger partial charge in [-0.2, -0.15) is 0 Å². The summed E-state index contributed by atoms with van der Waals surface area (Å²) < 4.78 is 0. The second-order valence-electron chi connectivity index (χ2n) is 5.22. The summed E-state index contributed by atoms with van der Waals surface area (Å²) in [7, 11) is 0. The van der Waals surface area contributed by atoms with Gasteiger partial charge in [-0.1, -0.05) is 66.7 Å². The first-order valence-corrected chi connectivity index (χ1v) is 7.40. The van der Waals surface area contributed by atoms with E-state index in [2.05, 4.69) is 36.2 Å². The van der Waals surface area contributed by atoms with E-state index in [4.69, 9.17) is 0 Å². The smallest absolute Gasteiger partial charge is 0.0626 e. The summed E-state index contributed by atoms with van der Waals surface area (Å²) in [5.74, 6) is 0. The van der Waals surface area contributed by atoms with E-state index < -0.39 is 0 Å². The van der Waals surface area contributed by atoms with Crippen molar-refractivity contribution in [2.45, 2.75) is 24.9 Å². The highest BCUT2D eigenvalue weighted by molar-refractivity contribution is 5.20. The second-order valence-corrected chi connectivity index (χ2v) is 5.22. The molecule has 0 spiro atoms. The molecule has 0 saturated heterocycles. The predicted octanol–water partition coefficient (Wildman–Crippen LogP) is 3.50. The third kappa shape index (κ3) is 4.85. The molecule has 2 heteroatoms. The van der Waals surface area contributed by atoms with Gasteiger partial charge in [0.15, 0.2) is 0 Å². The fourth-order valence-corrected chi connectivity index (χ4v) is 2.53. The normalized spacial score (nSPS) is 13.6. The van der Waals surface area contributed by atoms with Crippen LogP contribution in [-0.2, 0) is 6.42 Å². The lowest BCUT2D eigenvalue weighted by molar-refractivity contribution is 0.232. The maximum Gasteiger partial charge on any atom is 0.0626 e. The van der Waals surface area contributed by atoms with Crippen LogP contribution in [0.15, 0.2) is 73.3 Å². The number of benzene rings is 2. The number of rotatable bonds is 8. The largest absolute Gasteiger partial charge is 0.394 e. The Bertz CT molecular complexity index is 524. The van der Waals surface area contributed by atoms with Gasteiger partial charge in [-0.05, 0) is 24.0 Å². The Kier molecular flexibility index (Phi) is 6.20. The molecule has 21 heavy (non-hydrogen) atoms. The van der Waals surface area contributed by atoms with Gasteiger partial charge in [-0.25, -0.2) is 0 Å². The van der Waals surface area contributed by atoms with Gasteiger partial charge in [0.05, 0.1) is 12.6 Å². The Morgan fingerprint density at radius 3 is 2.19 bits per heavy atom. The molecule has 2 rings (SSSR count). The summed E-state index contributed by atoms with van der Waals surface area (Å²) in [6.07, 6.45) is 3.73. The first-order valence-electron chi connectivity index (χ1n) is 7.40. The highest BCUT2D eigenvalue weighted by Gasteiger charge is 2.15. The maximum absolute atomic E-state index is 9.67. The van der Waals surface area contributed by atoms with Gasteiger partial charge >= 0.3 is 0 Å². The van der Waals surface area contributed by atoms with Crippen LogP contribution in [-0.4, -0.2) is 17.8 Å². The Morgan fingerprint density at radius 1 is 1.00 bits per heavy atom. The van der Waals surface area contributed by atoms with Crippen LogP contribution in [0, 0.1) is 0 Å². The Labute approximate surface area is 127 Å². The van der Waals surface area contributed by atoms with Crippen molar-refractivity contribution >= 4 is 0 Å². The van der Waals surface area contributed by atoms with Gasteiger partial charge in [-0.3, -0.25) is 0 Å². The quantitative estimate of drug-likeness (QED) is 0.726. The minimum atomic E-state index is -0.0418. The number of aliphatic hydroxyl groups excluding tert-OH is 1. The van der Waals surface area contributed by atoms with E-state index in [0.29, 0.717) is 0 Å². The van der Waals surface area contributed by atoms with Gasteiger partial charge in [0.2, 0.25) is 0 Å². The Balaban J connectivity index is 2.05. The molecule has 0 amide bonds. The molecule has 0 aliphatic carbocycles. The van der Waals surface area contributed by atoms with Crippen molar-refractivity contribution in [3.05, 3.63) is 84.4 Å². The number of aliphatic hydroxyl groups is 1. The Hall–Kier alpha value is -1.90. The van der Waals surface area contributed by atoms with E-state index in [0.717, 1.165) is 18.4 Å². The van der Waals surface area contributed by atoms with Crippen molar-refractivity contribution in [1.29, 1.82) is 0 Å². The van der Waals surface area contributed by atoms with Crippen LogP contribution in [0.5, 0.6) is 0 Å². The zero-order valence-electron chi connectivity index (χ0n) is 12.3. The number of nitrogens with one attached hydrogen (secondary N) is 1. The minimum absolute atomic E-state index is 0.0418. The summed E-state index contributed by atoms with van der Waals surface area (Å²) in [5, 5.41) is 13.2. The molecule has 2 N–H and O–H groups in total. The van der Waals surface area contributed by atoms with Crippen molar-refractivity contribution < 1.29 is 5.11 Å². The van der Waals surface area contributed by atoms with Crippen LogP contribution in [0.1, 0.15) is 23.6 Å². The molecule has 0 aliphatic heterocycles. The third-order valence-corrected chi connectivity index (χ3v) is 3.60. The molecule has 0 unspecified atom stereocenters. The molecule has 0 aliphatic rings. The molecule has 110 valence electrons. The molecule has 2 aromatic carbocycles. The first kappa shape index (κ1) is 15.5. The van der Waals surface area contributed by atoms with Crippen molar-refractivity contribution in [2.75, 3.05) is 6.61 Å². The summed E-state index contributed by atoms with van der Waals surface area (Å²) in [5.41, 5.74) is 2.41. The molecule has 2 nitrogen and oxygen atoms in total. The standard InChI is InChI=1S/C19H23NO/c1-2-9-18(14-16-10-5-3-6-11-16)20-19(15-21)17-12-7-4-8-13-17/h2-8,10-13,18-21H,1,9,14-15H2/t18-,19+/m1/s1. The number of hydrogen-bond donors (Lipinski definition) is 2. The SMILES string of the molecule is C=CC[C@H](Cc1ccccc1)N[C@@H](CO)c1ccccc1. The van der Waals surface area contributed by atoms with Gasteiger partial charge in [-0.15, -0.1) is 6.58 Å². The molecule has 0 heterocycles. The van der Waals surface area contributed by atoms with E-state index in [1.54, 1.807) is 0 Å². The molecule has 2 aromatic rings. The molecule has 0 fully saturated rings. The number of hydrogen-bond acceptors (Lipinski definition) is 2. The minimum Gasteiger partial charge on any atom is -0.394 e. The Morgan fingerprint density at radius 2 is 1.62 bits per heavy atom. The molecule has 0 bridgehead atoms. The van der Waals surface area contributed by atoms with E-state index in [9.17, 15) is 5.11 Å². The zero-order chi connectivity index (χ0) is 14.9. The molecular weight excluding hydrogens is 258 g/mol. The molecular formula is C19H23NO. The second kappa shape index (κ2) is 8.40. The van der Waals surface area contributed by atoms with Gasteiger partial charge < -0.3 is 10.4 Å². The maximum atomic E-state index is 9.67. The average Bonchev–Trinajstić information content (AvgIpc) is 2.54. The lowest BCUT2D eigenvalue weighted by Gasteiger charge is -2.24. The van der Waals surface area contributed by atoms with Gasteiger partial charge in [0.1, 0.15) is 0 Å². The fourth-order valence-electron chi connectivity index (χ4n) is 2.53. The fraction of sp³-hybridized carbons (Fsp3) is 0.263. The summed E-state index contributed by atoms with van der Waals surface area (Å²) in [6, 6.07) is 20.7. The monoisotopic (exact) mass is 281 g/mol. The average molecular weight is 281 g/mol.